The SMILES string of the molecule is CN(C)C(=O)c1ccc(OC2CCNCC2)nc1.Cl.Cl. The Hall–Kier alpha value is -1.04. The van der Waals surface area contributed by atoms with E-state index < -0.39 is 0 Å². The van der Waals surface area contributed by atoms with Gasteiger partial charge in [0.1, 0.15) is 6.10 Å². The van der Waals surface area contributed by atoms with E-state index in [0.717, 1.165) is 25.9 Å². The van der Waals surface area contributed by atoms with Gasteiger partial charge in [-0.2, -0.15) is 0 Å². The summed E-state index contributed by atoms with van der Waals surface area (Å²) in [6.45, 7) is 1.98. The lowest BCUT2D eigenvalue weighted by atomic mass is 10.1. The van der Waals surface area contributed by atoms with Crippen LogP contribution in [-0.2, 0) is 0 Å². The number of ether oxygens (including phenoxy) is 1. The summed E-state index contributed by atoms with van der Waals surface area (Å²) >= 11 is 0. The van der Waals surface area contributed by atoms with Gasteiger partial charge in [0.2, 0.25) is 5.88 Å². The van der Waals surface area contributed by atoms with E-state index in [1.54, 1.807) is 32.4 Å². The smallest absolute Gasteiger partial charge is 0.254 e. The predicted molar refractivity (Wildman–Crippen MR) is 83.3 cm³/mol. The summed E-state index contributed by atoms with van der Waals surface area (Å²) in [7, 11) is 3.45. The highest BCUT2D eigenvalue weighted by molar-refractivity contribution is 5.93. The monoisotopic (exact) mass is 321 g/mol. The number of nitrogens with zero attached hydrogens (tertiary/aromatic N) is 2. The molecule has 1 fully saturated rings. The minimum absolute atomic E-state index is 0. The molecule has 20 heavy (non-hydrogen) atoms. The molecule has 0 spiro atoms. The van der Waals surface area contributed by atoms with Crippen LogP contribution in [0.5, 0.6) is 5.88 Å². The molecule has 1 aromatic heterocycles. The van der Waals surface area contributed by atoms with Gasteiger partial charge >= 0.3 is 0 Å². The number of pyridine rings is 1. The van der Waals surface area contributed by atoms with Crippen molar-refractivity contribution >= 4 is 30.7 Å². The summed E-state index contributed by atoms with van der Waals surface area (Å²) in [6, 6.07) is 3.52. The van der Waals surface area contributed by atoms with Crippen LogP contribution in [0.4, 0.5) is 0 Å². The standard InChI is InChI=1S/C13H19N3O2.2ClH/c1-16(2)13(17)10-3-4-12(15-9-10)18-11-5-7-14-8-6-11;;/h3-4,9,11,14H,5-8H2,1-2H3;2*1H. The van der Waals surface area contributed by atoms with E-state index >= 15 is 0 Å². The van der Waals surface area contributed by atoms with Gasteiger partial charge in [0.15, 0.2) is 0 Å². The first-order valence-electron chi connectivity index (χ1n) is 6.22. The second-order valence-corrected chi connectivity index (χ2v) is 4.65. The zero-order valence-electron chi connectivity index (χ0n) is 11.7. The van der Waals surface area contributed by atoms with Gasteiger partial charge in [0.05, 0.1) is 5.56 Å². The molecule has 2 heterocycles. The molecule has 2 rings (SSSR count). The normalized spacial score (nSPS) is 14.7. The van der Waals surface area contributed by atoms with Gasteiger partial charge in [-0.1, -0.05) is 0 Å². The highest BCUT2D eigenvalue weighted by atomic mass is 35.5. The third-order valence-corrected chi connectivity index (χ3v) is 2.96. The van der Waals surface area contributed by atoms with Crippen LogP contribution in [0, 0.1) is 0 Å². The Morgan fingerprint density at radius 3 is 2.45 bits per heavy atom. The highest BCUT2D eigenvalue weighted by Crippen LogP contribution is 2.14. The van der Waals surface area contributed by atoms with Gasteiger partial charge in [-0.05, 0) is 32.0 Å². The largest absolute Gasteiger partial charge is 0.474 e. The van der Waals surface area contributed by atoms with Crippen molar-refractivity contribution in [2.45, 2.75) is 18.9 Å². The van der Waals surface area contributed by atoms with Crippen LogP contribution >= 0.6 is 24.8 Å². The van der Waals surface area contributed by atoms with Gasteiger partial charge in [0, 0.05) is 26.4 Å². The zero-order chi connectivity index (χ0) is 13.0. The number of aromatic nitrogens is 1. The number of rotatable bonds is 3. The van der Waals surface area contributed by atoms with Crippen LogP contribution in [0.3, 0.4) is 0 Å². The number of amides is 1. The Labute approximate surface area is 131 Å². The molecule has 0 unspecified atom stereocenters. The minimum atomic E-state index is -0.0454. The number of hydrogen-bond donors (Lipinski definition) is 1. The Bertz CT molecular complexity index is 407. The molecule has 7 heteroatoms. The lowest BCUT2D eigenvalue weighted by Gasteiger charge is -2.23. The summed E-state index contributed by atoms with van der Waals surface area (Å²) in [6.07, 6.45) is 3.80. The lowest BCUT2D eigenvalue weighted by molar-refractivity contribution is 0.0827. The second-order valence-electron chi connectivity index (χ2n) is 4.65. The van der Waals surface area contributed by atoms with Crippen molar-refractivity contribution in [3.8, 4) is 5.88 Å². The maximum atomic E-state index is 11.7. The first-order valence-corrected chi connectivity index (χ1v) is 6.22. The molecular weight excluding hydrogens is 301 g/mol. The molecule has 1 N–H and O–H groups in total. The van der Waals surface area contributed by atoms with Crippen molar-refractivity contribution in [3.63, 3.8) is 0 Å². The van der Waals surface area contributed by atoms with Crippen molar-refractivity contribution in [2.75, 3.05) is 27.2 Å². The van der Waals surface area contributed by atoms with Crippen LogP contribution in [0.1, 0.15) is 23.2 Å². The third kappa shape index (κ3) is 5.15. The summed E-state index contributed by atoms with van der Waals surface area (Å²) in [4.78, 5) is 17.4. The minimum Gasteiger partial charge on any atom is -0.474 e. The highest BCUT2D eigenvalue weighted by Gasteiger charge is 2.15. The fourth-order valence-corrected chi connectivity index (χ4v) is 1.92. The molecule has 1 aliphatic rings. The summed E-state index contributed by atoms with van der Waals surface area (Å²) < 4.78 is 5.77. The summed E-state index contributed by atoms with van der Waals surface area (Å²) in [5.41, 5.74) is 0.581. The van der Waals surface area contributed by atoms with Crippen molar-refractivity contribution in [1.82, 2.24) is 15.2 Å². The maximum Gasteiger partial charge on any atom is 0.254 e. The number of piperidine rings is 1. The molecule has 1 aromatic rings. The zero-order valence-corrected chi connectivity index (χ0v) is 13.3. The van der Waals surface area contributed by atoms with Crippen molar-refractivity contribution in [3.05, 3.63) is 23.9 Å². The fraction of sp³-hybridized carbons (Fsp3) is 0.538. The molecule has 1 amide bonds. The fourth-order valence-electron chi connectivity index (χ4n) is 1.92. The average Bonchev–Trinajstić information content (AvgIpc) is 2.40. The van der Waals surface area contributed by atoms with Gasteiger partial charge in [-0.3, -0.25) is 4.79 Å². The van der Waals surface area contributed by atoms with E-state index in [2.05, 4.69) is 10.3 Å². The maximum absolute atomic E-state index is 11.7. The van der Waals surface area contributed by atoms with Crippen LogP contribution in [-0.4, -0.2) is 49.1 Å². The molecule has 5 nitrogen and oxygen atoms in total. The molecule has 0 atom stereocenters. The predicted octanol–water partition coefficient (Wildman–Crippen LogP) is 1.76. The van der Waals surface area contributed by atoms with Crippen LogP contribution in [0.25, 0.3) is 0 Å². The quantitative estimate of drug-likeness (QED) is 0.921. The topological polar surface area (TPSA) is 54.5 Å². The van der Waals surface area contributed by atoms with E-state index in [-0.39, 0.29) is 36.8 Å². The Morgan fingerprint density at radius 1 is 1.30 bits per heavy atom. The van der Waals surface area contributed by atoms with E-state index in [1.807, 2.05) is 0 Å². The van der Waals surface area contributed by atoms with E-state index in [0.29, 0.717) is 11.4 Å². The summed E-state index contributed by atoms with van der Waals surface area (Å²) in [5.74, 6) is 0.549. The lowest BCUT2D eigenvalue weighted by Crippen LogP contribution is -2.34. The number of halogens is 2. The molecule has 0 saturated carbocycles. The Kier molecular flexibility index (Phi) is 8.53. The number of hydrogen-bond acceptors (Lipinski definition) is 4. The van der Waals surface area contributed by atoms with Crippen LogP contribution in [0.15, 0.2) is 18.3 Å². The van der Waals surface area contributed by atoms with Gasteiger partial charge in [0.25, 0.3) is 5.91 Å². The third-order valence-electron chi connectivity index (χ3n) is 2.96. The first kappa shape index (κ1) is 19.0. The van der Waals surface area contributed by atoms with Crippen LogP contribution in [0.2, 0.25) is 0 Å². The molecule has 0 radical (unpaired) electrons. The Balaban J connectivity index is 0.00000180. The van der Waals surface area contributed by atoms with E-state index in [1.165, 1.54) is 4.90 Å². The molecule has 1 saturated heterocycles. The molecule has 0 bridgehead atoms. The van der Waals surface area contributed by atoms with E-state index in [9.17, 15) is 4.79 Å². The Morgan fingerprint density at radius 2 is 1.95 bits per heavy atom. The average molecular weight is 322 g/mol. The van der Waals surface area contributed by atoms with Crippen LogP contribution < -0.4 is 10.1 Å². The number of carbonyl (C=O) groups is 1. The second kappa shape index (κ2) is 9.00. The molecule has 1 aliphatic heterocycles. The van der Waals surface area contributed by atoms with Crippen molar-refractivity contribution in [1.29, 1.82) is 0 Å². The first-order chi connectivity index (χ1) is 8.66. The van der Waals surface area contributed by atoms with E-state index in [4.69, 9.17) is 4.74 Å². The van der Waals surface area contributed by atoms with Gasteiger partial charge < -0.3 is 15.0 Å². The van der Waals surface area contributed by atoms with Gasteiger partial charge in [-0.25, -0.2) is 4.98 Å². The molecule has 0 aromatic carbocycles. The number of nitrogens with one attached hydrogen (secondary N) is 1. The van der Waals surface area contributed by atoms with Crippen molar-refractivity contribution in [2.24, 2.45) is 0 Å². The summed E-state index contributed by atoms with van der Waals surface area (Å²) in [5, 5.41) is 3.29. The molecule has 114 valence electrons. The van der Waals surface area contributed by atoms with Crippen molar-refractivity contribution < 1.29 is 9.53 Å². The molecule has 0 aliphatic carbocycles. The number of carbonyl (C=O) groups excluding carboxylic acids is 1. The molecular formula is C13H21Cl2N3O2. The van der Waals surface area contributed by atoms with Gasteiger partial charge in [-0.15, -0.1) is 24.8 Å².